The van der Waals surface area contributed by atoms with E-state index >= 15 is 0 Å². The van der Waals surface area contributed by atoms with Crippen LogP contribution in [0, 0.1) is 6.92 Å². The third-order valence-corrected chi connectivity index (χ3v) is 3.69. The molecule has 0 bridgehead atoms. The number of benzene rings is 1. The third kappa shape index (κ3) is 3.63. The second-order valence-corrected chi connectivity index (χ2v) is 5.19. The van der Waals surface area contributed by atoms with Crippen molar-refractivity contribution in [1.29, 1.82) is 0 Å². The number of ether oxygens (including phenoxy) is 1. The van der Waals surface area contributed by atoms with Gasteiger partial charge in [-0.1, -0.05) is 17.7 Å². The van der Waals surface area contributed by atoms with Crippen molar-refractivity contribution in [3.05, 3.63) is 41.7 Å². The maximum atomic E-state index is 11.9. The van der Waals surface area contributed by atoms with Crippen LogP contribution < -0.4 is 0 Å². The SMILES string of the molecule is Cc1ccc(SCC(=O)C2=COCCC2)cc1. The lowest BCUT2D eigenvalue weighted by Crippen LogP contribution is -2.10. The van der Waals surface area contributed by atoms with Gasteiger partial charge in [-0.3, -0.25) is 4.79 Å². The van der Waals surface area contributed by atoms with Crippen molar-refractivity contribution in [1.82, 2.24) is 0 Å². The lowest BCUT2D eigenvalue weighted by Gasteiger charge is -2.12. The molecule has 0 aliphatic carbocycles. The van der Waals surface area contributed by atoms with E-state index in [-0.39, 0.29) is 5.78 Å². The summed E-state index contributed by atoms with van der Waals surface area (Å²) < 4.78 is 5.18. The van der Waals surface area contributed by atoms with Gasteiger partial charge in [-0.25, -0.2) is 0 Å². The molecule has 0 spiro atoms. The molecule has 0 fully saturated rings. The second kappa shape index (κ2) is 5.92. The van der Waals surface area contributed by atoms with Crippen molar-refractivity contribution in [2.24, 2.45) is 0 Å². The number of carbonyl (C=O) groups excluding carboxylic acids is 1. The van der Waals surface area contributed by atoms with Crippen LogP contribution in [-0.2, 0) is 9.53 Å². The monoisotopic (exact) mass is 248 g/mol. The molecule has 1 aromatic rings. The lowest BCUT2D eigenvalue weighted by atomic mass is 10.1. The largest absolute Gasteiger partial charge is 0.501 e. The first-order valence-corrected chi connectivity index (χ1v) is 6.77. The smallest absolute Gasteiger partial charge is 0.172 e. The summed E-state index contributed by atoms with van der Waals surface area (Å²) in [5.41, 5.74) is 2.07. The van der Waals surface area contributed by atoms with E-state index in [4.69, 9.17) is 4.74 Å². The molecule has 0 N–H and O–H groups in total. The maximum Gasteiger partial charge on any atom is 0.172 e. The maximum absolute atomic E-state index is 11.9. The van der Waals surface area contributed by atoms with Crippen molar-refractivity contribution in [3.63, 3.8) is 0 Å². The van der Waals surface area contributed by atoms with E-state index in [0.717, 1.165) is 29.9 Å². The summed E-state index contributed by atoms with van der Waals surface area (Å²) in [6, 6.07) is 8.24. The fourth-order valence-corrected chi connectivity index (χ4v) is 2.46. The van der Waals surface area contributed by atoms with Gasteiger partial charge in [-0.05, 0) is 31.9 Å². The van der Waals surface area contributed by atoms with Gasteiger partial charge in [0, 0.05) is 10.5 Å². The molecule has 0 aromatic heterocycles. The van der Waals surface area contributed by atoms with E-state index < -0.39 is 0 Å². The van der Waals surface area contributed by atoms with E-state index in [1.165, 1.54) is 5.56 Å². The quantitative estimate of drug-likeness (QED) is 0.764. The van der Waals surface area contributed by atoms with Crippen molar-refractivity contribution < 1.29 is 9.53 Å². The normalized spacial score (nSPS) is 15.0. The van der Waals surface area contributed by atoms with Gasteiger partial charge < -0.3 is 4.74 Å². The Hall–Kier alpha value is -1.22. The number of aryl methyl sites for hydroxylation is 1. The van der Waals surface area contributed by atoms with Gasteiger partial charge in [0.2, 0.25) is 0 Å². The van der Waals surface area contributed by atoms with Crippen molar-refractivity contribution in [2.75, 3.05) is 12.4 Å². The highest BCUT2D eigenvalue weighted by Gasteiger charge is 2.13. The molecule has 0 saturated heterocycles. The zero-order chi connectivity index (χ0) is 12.1. The summed E-state index contributed by atoms with van der Waals surface area (Å²) >= 11 is 1.58. The Morgan fingerprint density at radius 3 is 2.76 bits per heavy atom. The molecule has 1 aromatic carbocycles. The van der Waals surface area contributed by atoms with E-state index in [2.05, 4.69) is 31.2 Å². The Bertz CT molecular complexity index is 420. The number of rotatable bonds is 4. The predicted molar refractivity (Wildman–Crippen MR) is 70.2 cm³/mol. The molecule has 3 heteroatoms. The minimum atomic E-state index is 0.190. The molecule has 2 nitrogen and oxygen atoms in total. The summed E-state index contributed by atoms with van der Waals surface area (Å²) in [6.45, 7) is 2.80. The number of allylic oxidation sites excluding steroid dienone is 1. The fraction of sp³-hybridized carbons (Fsp3) is 0.357. The minimum Gasteiger partial charge on any atom is -0.501 e. The molecule has 1 heterocycles. The Morgan fingerprint density at radius 2 is 2.12 bits per heavy atom. The topological polar surface area (TPSA) is 26.3 Å². The standard InChI is InChI=1S/C14H16O2S/c1-11-4-6-13(7-5-11)17-10-14(15)12-3-2-8-16-9-12/h4-7,9H,2-3,8,10H2,1H3. The van der Waals surface area contributed by atoms with Crippen molar-refractivity contribution >= 4 is 17.5 Å². The first-order chi connectivity index (χ1) is 8.25. The average Bonchev–Trinajstić information content (AvgIpc) is 2.39. The Balaban J connectivity index is 1.87. The van der Waals surface area contributed by atoms with Crippen LogP contribution in [0.1, 0.15) is 18.4 Å². The van der Waals surface area contributed by atoms with Crippen LogP contribution in [0.25, 0.3) is 0 Å². The Kier molecular flexibility index (Phi) is 4.26. The molecule has 90 valence electrons. The molecule has 2 rings (SSSR count). The second-order valence-electron chi connectivity index (χ2n) is 4.14. The number of hydrogen-bond acceptors (Lipinski definition) is 3. The van der Waals surface area contributed by atoms with Gasteiger partial charge in [0.25, 0.3) is 0 Å². The molecule has 17 heavy (non-hydrogen) atoms. The summed E-state index contributed by atoms with van der Waals surface area (Å²) in [5, 5.41) is 0. The van der Waals surface area contributed by atoms with Crippen LogP contribution in [0.5, 0.6) is 0 Å². The summed E-state index contributed by atoms with van der Waals surface area (Å²) in [4.78, 5) is 13.0. The summed E-state index contributed by atoms with van der Waals surface area (Å²) in [6.07, 6.45) is 3.43. The highest BCUT2D eigenvalue weighted by atomic mass is 32.2. The summed E-state index contributed by atoms with van der Waals surface area (Å²) in [7, 11) is 0. The van der Waals surface area contributed by atoms with Crippen LogP contribution in [0.4, 0.5) is 0 Å². The molecule has 0 saturated carbocycles. The van der Waals surface area contributed by atoms with Gasteiger partial charge in [0.05, 0.1) is 18.6 Å². The zero-order valence-electron chi connectivity index (χ0n) is 9.94. The molecule has 0 radical (unpaired) electrons. The molecule has 1 aliphatic rings. The molecular formula is C14H16O2S. The van der Waals surface area contributed by atoms with Crippen LogP contribution in [-0.4, -0.2) is 18.1 Å². The number of hydrogen-bond donors (Lipinski definition) is 0. The lowest BCUT2D eigenvalue weighted by molar-refractivity contribution is -0.113. The van der Waals surface area contributed by atoms with E-state index in [1.807, 2.05) is 0 Å². The first kappa shape index (κ1) is 12.2. The van der Waals surface area contributed by atoms with E-state index in [9.17, 15) is 4.79 Å². The molecule has 0 atom stereocenters. The molecular weight excluding hydrogens is 232 g/mol. The minimum absolute atomic E-state index is 0.190. The summed E-state index contributed by atoms with van der Waals surface area (Å²) in [5.74, 6) is 0.688. The van der Waals surface area contributed by atoms with Gasteiger partial charge in [-0.15, -0.1) is 11.8 Å². The molecule has 0 unspecified atom stereocenters. The number of carbonyl (C=O) groups is 1. The highest BCUT2D eigenvalue weighted by Crippen LogP contribution is 2.21. The van der Waals surface area contributed by atoms with Crippen LogP contribution >= 0.6 is 11.8 Å². The van der Waals surface area contributed by atoms with E-state index in [0.29, 0.717) is 5.75 Å². The Morgan fingerprint density at radius 1 is 1.35 bits per heavy atom. The van der Waals surface area contributed by atoms with Crippen LogP contribution in [0.15, 0.2) is 41.0 Å². The van der Waals surface area contributed by atoms with Gasteiger partial charge >= 0.3 is 0 Å². The molecule has 0 amide bonds. The predicted octanol–water partition coefficient (Wildman–Crippen LogP) is 3.35. The van der Waals surface area contributed by atoms with Gasteiger partial charge in [-0.2, -0.15) is 0 Å². The van der Waals surface area contributed by atoms with Gasteiger partial charge in [0.1, 0.15) is 0 Å². The fourth-order valence-electron chi connectivity index (χ4n) is 1.65. The first-order valence-electron chi connectivity index (χ1n) is 5.79. The highest BCUT2D eigenvalue weighted by molar-refractivity contribution is 8.00. The van der Waals surface area contributed by atoms with Crippen LogP contribution in [0.3, 0.4) is 0 Å². The van der Waals surface area contributed by atoms with Crippen molar-refractivity contribution in [3.8, 4) is 0 Å². The Labute approximate surface area is 106 Å². The number of thioether (sulfide) groups is 1. The van der Waals surface area contributed by atoms with Gasteiger partial charge in [0.15, 0.2) is 5.78 Å². The number of ketones is 1. The number of Topliss-reactive ketones (excluding diaryl/α,β-unsaturated/α-hetero) is 1. The third-order valence-electron chi connectivity index (χ3n) is 2.68. The van der Waals surface area contributed by atoms with Crippen molar-refractivity contribution in [2.45, 2.75) is 24.7 Å². The zero-order valence-corrected chi connectivity index (χ0v) is 10.8. The van der Waals surface area contributed by atoms with E-state index in [1.54, 1.807) is 18.0 Å². The molecule has 1 aliphatic heterocycles. The average molecular weight is 248 g/mol. The van der Waals surface area contributed by atoms with Crippen LogP contribution in [0.2, 0.25) is 0 Å².